The minimum atomic E-state index is -0.674. The molecule has 1 unspecified atom stereocenters. The number of carbonyl (C=O) groups excluding carboxylic acids is 1. The molecule has 2 aromatic rings. The van der Waals surface area contributed by atoms with Crippen LogP contribution in [0.15, 0.2) is 48.5 Å². The van der Waals surface area contributed by atoms with Crippen LogP contribution < -0.4 is 9.47 Å². The maximum Gasteiger partial charge on any atom is 0.199 e. The van der Waals surface area contributed by atoms with E-state index in [1.807, 2.05) is 30.3 Å². The fourth-order valence-electron chi connectivity index (χ4n) is 2.24. The minimum Gasteiger partial charge on any atom is -0.493 e. The van der Waals surface area contributed by atoms with E-state index >= 15 is 0 Å². The van der Waals surface area contributed by atoms with Gasteiger partial charge in [-0.05, 0) is 17.7 Å². The molecule has 0 amide bonds. The number of para-hydroxylation sites is 1. The summed E-state index contributed by atoms with van der Waals surface area (Å²) in [4.78, 5) is 12.8. The van der Waals surface area contributed by atoms with Crippen LogP contribution in [0.4, 0.5) is 0 Å². The van der Waals surface area contributed by atoms with E-state index in [1.165, 1.54) is 21.3 Å². The van der Waals surface area contributed by atoms with Crippen LogP contribution in [0.1, 0.15) is 22.0 Å². The molecule has 0 saturated heterocycles. The third kappa shape index (κ3) is 3.06. The molecule has 0 bridgehead atoms. The first-order valence-corrected chi connectivity index (χ1v) is 6.55. The van der Waals surface area contributed by atoms with E-state index in [9.17, 15) is 4.79 Å². The first-order chi connectivity index (χ1) is 10.2. The van der Waals surface area contributed by atoms with Gasteiger partial charge in [0.1, 0.15) is 6.10 Å². The summed E-state index contributed by atoms with van der Waals surface area (Å²) in [7, 11) is 4.57. The predicted octanol–water partition coefficient (Wildman–Crippen LogP) is 3.27. The Bertz CT molecular complexity index is 607. The Balaban J connectivity index is 2.43. The summed E-state index contributed by atoms with van der Waals surface area (Å²) in [5.41, 5.74) is 1.24. The third-order valence-electron chi connectivity index (χ3n) is 3.24. The summed E-state index contributed by atoms with van der Waals surface area (Å²) in [5, 5.41) is 0. The Labute approximate surface area is 124 Å². The van der Waals surface area contributed by atoms with Crippen molar-refractivity contribution >= 4 is 5.78 Å². The summed E-state index contributed by atoms with van der Waals surface area (Å²) in [6, 6.07) is 14.6. The number of hydrogen-bond donors (Lipinski definition) is 0. The Hall–Kier alpha value is -2.33. The number of carbonyl (C=O) groups is 1. The highest BCUT2D eigenvalue weighted by molar-refractivity contribution is 6.03. The SMILES string of the molecule is COc1cccc(C(=O)C(OC)c2ccccc2)c1OC. The van der Waals surface area contributed by atoms with E-state index in [2.05, 4.69) is 0 Å². The van der Waals surface area contributed by atoms with Gasteiger partial charge in [-0.1, -0.05) is 36.4 Å². The van der Waals surface area contributed by atoms with Crippen molar-refractivity contribution in [2.75, 3.05) is 21.3 Å². The standard InChI is InChI=1S/C17H18O4/c1-19-14-11-7-10-13(17(14)21-3)15(18)16(20-2)12-8-5-4-6-9-12/h4-11,16H,1-3H3. The van der Waals surface area contributed by atoms with Crippen LogP contribution in [0.5, 0.6) is 11.5 Å². The first-order valence-electron chi connectivity index (χ1n) is 6.55. The molecule has 4 nitrogen and oxygen atoms in total. The van der Waals surface area contributed by atoms with Crippen LogP contribution in [0, 0.1) is 0 Å². The summed E-state index contributed by atoms with van der Waals surface area (Å²) in [6.07, 6.45) is -0.674. The smallest absolute Gasteiger partial charge is 0.199 e. The second-order valence-electron chi connectivity index (χ2n) is 4.43. The minimum absolute atomic E-state index is 0.167. The molecule has 0 heterocycles. The van der Waals surface area contributed by atoms with Crippen LogP contribution in [0.3, 0.4) is 0 Å². The molecule has 4 heteroatoms. The molecule has 0 radical (unpaired) electrons. The molecule has 1 atom stereocenters. The van der Waals surface area contributed by atoms with Crippen molar-refractivity contribution in [3.63, 3.8) is 0 Å². The van der Waals surface area contributed by atoms with Gasteiger partial charge in [0, 0.05) is 7.11 Å². The third-order valence-corrected chi connectivity index (χ3v) is 3.24. The molecular weight excluding hydrogens is 268 g/mol. The van der Waals surface area contributed by atoms with Gasteiger partial charge in [0.25, 0.3) is 0 Å². The Kier molecular flexibility index (Phi) is 4.95. The summed E-state index contributed by atoms with van der Waals surface area (Å²) >= 11 is 0. The predicted molar refractivity (Wildman–Crippen MR) is 80.1 cm³/mol. The Morgan fingerprint density at radius 1 is 0.905 bits per heavy atom. The average molecular weight is 286 g/mol. The number of Topliss-reactive ketones (excluding diaryl/α,β-unsaturated/α-hetero) is 1. The summed E-state index contributed by atoms with van der Waals surface area (Å²) in [6.45, 7) is 0. The zero-order chi connectivity index (χ0) is 15.2. The number of methoxy groups -OCH3 is 3. The zero-order valence-electron chi connectivity index (χ0n) is 12.3. The lowest BCUT2D eigenvalue weighted by atomic mass is 9.99. The van der Waals surface area contributed by atoms with Gasteiger partial charge in [0.2, 0.25) is 0 Å². The van der Waals surface area contributed by atoms with E-state index in [4.69, 9.17) is 14.2 Å². The number of rotatable bonds is 6. The van der Waals surface area contributed by atoms with Gasteiger partial charge < -0.3 is 14.2 Å². The van der Waals surface area contributed by atoms with Crippen molar-refractivity contribution in [1.82, 2.24) is 0 Å². The average Bonchev–Trinajstić information content (AvgIpc) is 2.55. The highest BCUT2D eigenvalue weighted by Gasteiger charge is 2.25. The Morgan fingerprint density at radius 2 is 1.62 bits per heavy atom. The fourth-order valence-corrected chi connectivity index (χ4v) is 2.24. The van der Waals surface area contributed by atoms with Crippen LogP contribution in [0.2, 0.25) is 0 Å². The zero-order valence-corrected chi connectivity index (χ0v) is 12.3. The molecule has 110 valence electrons. The quantitative estimate of drug-likeness (QED) is 0.764. The van der Waals surface area contributed by atoms with Crippen LogP contribution in [0.25, 0.3) is 0 Å². The number of hydrogen-bond acceptors (Lipinski definition) is 4. The van der Waals surface area contributed by atoms with E-state index in [1.54, 1.807) is 18.2 Å². The maximum atomic E-state index is 12.8. The van der Waals surface area contributed by atoms with Crippen molar-refractivity contribution in [2.45, 2.75) is 6.10 Å². The topological polar surface area (TPSA) is 44.8 Å². The lowest BCUT2D eigenvalue weighted by Crippen LogP contribution is -2.16. The molecular formula is C17H18O4. The highest BCUT2D eigenvalue weighted by atomic mass is 16.5. The largest absolute Gasteiger partial charge is 0.493 e. The van der Waals surface area contributed by atoms with E-state index in [0.717, 1.165) is 5.56 Å². The summed E-state index contributed by atoms with van der Waals surface area (Å²) < 4.78 is 15.9. The number of ketones is 1. The highest BCUT2D eigenvalue weighted by Crippen LogP contribution is 2.34. The van der Waals surface area contributed by atoms with Gasteiger partial charge >= 0.3 is 0 Å². The summed E-state index contributed by atoms with van der Waals surface area (Å²) in [5.74, 6) is 0.772. The van der Waals surface area contributed by atoms with Crippen molar-refractivity contribution in [3.8, 4) is 11.5 Å². The van der Waals surface area contributed by atoms with Gasteiger partial charge in [0.15, 0.2) is 17.3 Å². The van der Waals surface area contributed by atoms with Gasteiger partial charge in [-0.25, -0.2) is 0 Å². The van der Waals surface area contributed by atoms with Crippen molar-refractivity contribution in [2.24, 2.45) is 0 Å². The molecule has 0 N–H and O–H groups in total. The van der Waals surface area contributed by atoms with Crippen LogP contribution in [-0.2, 0) is 4.74 Å². The molecule has 0 saturated carbocycles. The van der Waals surface area contributed by atoms with E-state index < -0.39 is 6.10 Å². The molecule has 0 aliphatic heterocycles. The number of ether oxygens (including phenoxy) is 3. The molecule has 2 rings (SSSR count). The second-order valence-corrected chi connectivity index (χ2v) is 4.43. The van der Waals surface area contributed by atoms with Gasteiger partial charge in [-0.3, -0.25) is 4.79 Å². The molecule has 0 spiro atoms. The fraction of sp³-hybridized carbons (Fsp3) is 0.235. The van der Waals surface area contributed by atoms with Gasteiger partial charge in [-0.15, -0.1) is 0 Å². The maximum absolute atomic E-state index is 12.8. The number of benzene rings is 2. The Morgan fingerprint density at radius 3 is 2.19 bits per heavy atom. The van der Waals surface area contributed by atoms with Crippen LogP contribution >= 0.6 is 0 Å². The molecule has 0 aliphatic rings. The monoisotopic (exact) mass is 286 g/mol. The normalized spacial score (nSPS) is 11.8. The first kappa shape index (κ1) is 15.1. The molecule has 2 aromatic carbocycles. The molecule has 0 aromatic heterocycles. The van der Waals surface area contributed by atoms with Crippen molar-refractivity contribution in [1.29, 1.82) is 0 Å². The molecule has 21 heavy (non-hydrogen) atoms. The lowest BCUT2D eigenvalue weighted by Gasteiger charge is -2.17. The van der Waals surface area contributed by atoms with E-state index in [0.29, 0.717) is 17.1 Å². The molecule has 0 aliphatic carbocycles. The van der Waals surface area contributed by atoms with E-state index in [-0.39, 0.29) is 5.78 Å². The van der Waals surface area contributed by atoms with Crippen molar-refractivity contribution < 1.29 is 19.0 Å². The van der Waals surface area contributed by atoms with Crippen LogP contribution in [-0.4, -0.2) is 27.1 Å². The van der Waals surface area contributed by atoms with Gasteiger partial charge in [0.05, 0.1) is 19.8 Å². The second kappa shape index (κ2) is 6.90. The lowest BCUT2D eigenvalue weighted by molar-refractivity contribution is 0.0601. The molecule has 0 fully saturated rings. The van der Waals surface area contributed by atoms with Crippen molar-refractivity contribution in [3.05, 3.63) is 59.7 Å². The van der Waals surface area contributed by atoms with Gasteiger partial charge in [-0.2, -0.15) is 0 Å².